The van der Waals surface area contributed by atoms with E-state index in [4.69, 9.17) is 25.1 Å². The highest BCUT2D eigenvalue weighted by Crippen LogP contribution is 1.85. The van der Waals surface area contributed by atoms with Gasteiger partial charge in [-0.2, -0.15) is 0 Å². The van der Waals surface area contributed by atoms with Gasteiger partial charge in [-0.05, 0) is 53.9 Å². The Morgan fingerprint density at radius 1 is 0.700 bits per heavy atom. The second kappa shape index (κ2) is 53.5. The van der Waals surface area contributed by atoms with Gasteiger partial charge in [0.1, 0.15) is 6.73 Å². The van der Waals surface area contributed by atoms with E-state index in [9.17, 15) is 14.4 Å². The van der Waals surface area contributed by atoms with Crippen molar-refractivity contribution in [2.45, 2.75) is 60.8 Å². The first kappa shape index (κ1) is 58.0. The molecule has 0 radical (unpaired) electrons. The average Bonchev–Trinajstić information content (AvgIpc) is 2.85. The van der Waals surface area contributed by atoms with Gasteiger partial charge < -0.3 is 29.8 Å². The van der Waals surface area contributed by atoms with Gasteiger partial charge in [0.15, 0.2) is 0 Å². The number of carbonyl (C=O) groups excluding carboxylic acids is 4. The van der Waals surface area contributed by atoms with Gasteiger partial charge in [0.2, 0.25) is 0 Å². The van der Waals surface area contributed by atoms with Crippen LogP contribution in [-0.4, -0.2) is 120 Å². The van der Waals surface area contributed by atoms with E-state index in [0.29, 0.717) is 46.0 Å². The van der Waals surface area contributed by atoms with Gasteiger partial charge in [0, 0.05) is 6.61 Å². The lowest BCUT2D eigenvalue weighted by molar-refractivity contribution is -0.145. The lowest BCUT2D eigenvalue weighted by atomic mass is 10.5. The number of rotatable bonds is 14. The molecule has 0 heterocycles. The van der Waals surface area contributed by atoms with Crippen molar-refractivity contribution in [1.82, 2.24) is 9.80 Å². The van der Waals surface area contributed by atoms with Crippen LogP contribution < -0.4 is 11.5 Å². The van der Waals surface area contributed by atoms with E-state index in [1.54, 1.807) is 9.80 Å². The number of ether oxygens (including phenoxy) is 4. The molecule has 0 rings (SSSR count). The highest BCUT2D eigenvalue weighted by Gasteiger charge is 2.02. The second-order valence-corrected chi connectivity index (χ2v) is 7.49. The Hall–Kier alpha value is -1.74. The number of hydrogen-bond acceptors (Lipinski definition) is 13. The molecule has 40 heavy (non-hydrogen) atoms. The summed E-state index contributed by atoms with van der Waals surface area (Å²) in [6.45, 7) is 10.7. The van der Waals surface area contributed by atoms with Crippen LogP contribution in [0.4, 0.5) is 0 Å². The van der Waals surface area contributed by atoms with Crippen molar-refractivity contribution in [3.05, 3.63) is 0 Å². The fourth-order valence-electron chi connectivity index (χ4n) is 1.35. The summed E-state index contributed by atoms with van der Waals surface area (Å²) < 4.78 is 18.1. The molecule has 0 aromatic heterocycles. The van der Waals surface area contributed by atoms with E-state index in [-0.39, 0.29) is 63.4 Å². The zero-order valence-electron chi connectivity index (χ0n) is 25.1. The number of carbonyl (C=O) groups is 4. The van der Waals surface area contributed by atoms with Crippen molar-refractivity contribution in [2.75, 3.05) is 81.0 Å². The van der Waals surface area contributed by atoms with Gasteiger partial charge in [0.25, 0.3) is 6.47 Å². The van der Waals surface area contributed by atoms with Crippen LogP contribution in [0.1, 0.15) is 60.8 Å². The number of hydrogen-bond donors (Lipinski definition) is 3. The smallest absolute Gasteiger partial charge is 0.320 e. The van der Waals surface area contributed by atoms with Gasteiger partial charge in [-0.1, -0.05) is 35.1 Å². The minimum Gasteiger partial charge on any atom is -0.465 e. The van der Waals surface area contributed by atoms with Crippen molar-refractivity contribution in [3.8, 4) is 0 Å². The van der Waals surface area contributed by atoms with E-state index in [1.165, 1.54) is 0 Å². The third-order valence-corrected chi connectivity index (χ3v) is 2.85. The van der Waals surface area contributed by atoms with Crippen molar-refractivity contribution in [3.63, 3.8) is 0 Å². The molecule has 0 saturated heterocycles. The average molecular weight is 632 g/mol. The molecule has 0 unspecified atom stereocenters. The van der Waals surface area contributed by atoms with Crippen LogP contribution in [0.2, 0.25) is 0 Å². The Bertz CT molecular complexity index is 479. The van der Waals surface area contributed by atoms with E-state index < -0.39 is 0 Å². The van der Waals surface area contributed by atoms with Crippen LogP contribution in [-0.2, 0) is 38.1 Å². The number of halogens is 2. The molecule has 0 aromatic rings. The quantitative estimate of drug-likeness (QED) is 0.109. The molecular weight excluding hydrogens is 571 g/mol. The van der Waals surface area contributed by atoms with Gasteiger partial charge in [-0.3, -0.25) is 34.7 Å². The normalized spacial score (nSPS) is 8.32. The number of likely N-dealkylation sites (N-methyl/N-ethyl adjacent to an activating group) is 2. The number of aliphatic hydroxyl groups excluding tert-OH is 1. The Morgan fingerprint density at radius 3 is 1.15 bits per heavy atom. The number of aliphatic hydroxyl groups is 1. The third-order valence-electron chi connectivity index (χ3n) is 2.85. The zero-order valence-corrected chi connectivity index (χ0v) is 26.8. The first-order valence-electron chi connectivity index (χ1n) is 12.3. The largest absolute Gasteiger partial charge is 0.465 e. The van der Waals surface area contributed by atoms with E-state index >= 15 is 0 Å². The molecule has 248 valence electrons. The maximum Gasteiger partial charge on any atom is 0.320 e. The van der Waals surface area contributed by atoms with E-state index in [1.807, 2.05) is 55.9 Å². The lowest BCUT2D eigenvalue weighted by Crippen LogP contribution is -2.23. The zero-order chi connectivity index (χ0) is 29.9. The van der Waals surface area contributed by atoms with Crippen molar-refractivity contribution >= 4 is 49.2 Å². The first-order valence-corrected chi connectivity index (χ1v) is 12.3. The second-order valence-electron chi connectivity index (χ2n) is 7.49. The summed E-state index contributed by atoms with van der Waals surface area (Å²) in [6, 6.07) is 0. The number of nitrogens with two attached hydrogens (primary N) is 2. The minimum atomic E-state index is -0.327. The molecule has 0 aliphatic carbocycles. The standard InChI is InChI=1S/2C7H15NO2.C5H11NO2.C3H8O.C2H5NO2.CH4.2ClH/c2*1-4-5-10-7(9)6-8(2)3;1-2-3-8-5(7)4-6;1-2-3-4;3-1-5-2-4;;;/h2*4-6H2,1-3H3;2-4,6H2,1H3;4H,2-3H2,1H3;2H,1,3H2;1H4;2*1H. The Morgan fingerprint density at radius 2 is 1.00 bits per heavy atom. The summed E-state index contributed by atoms with van der Waals surface area (Å²) in [4.78, 5) is 44.4. The van der Waals surface area contributed by atoms with Gasteiger partial charge in [-0.25, -0.2) is 0 Å². The molecule has 0 bridgehead atoms. The van der Waals surface area contributed by atoms with Crippen molar-refractivity contribution in [1.29, 1.82) is 0 Å². The minimum absolute atomic E-state index is 0. The predicted molar refractivity (Wildman–Crippen MR) is 165 cm³/mol. The molecule has 0 atom stereocenters. The molecule has 5 N–H and O–H groups in total. The third kappa shape index (κ3) is 83.3. The van der Waals surface area contributed by atoms with Gasteiger partial charge in [0.05, 0.1) is 39.5 Å². The molecule has 0 amide bonds. The molecule has 0 aliphatic rings. The van der Waals surface area contributed by atoms with Crippen LogP contribution in [0.5, 0.6) is 0 Å². The summed E-state index contributed by atoms with van der Waals surface area (Å²) in [5.41, 5.74) is 9.62. The molecular formula is C25H60Cl2N4O9. The SMILES string of the molecule is C.CCCO.CCCOC(=O)CN.CCCOC(=O)CN(C)C.CCCOC(=O)CN(C)C.Cl.Cl.NCOC=O. The summed E-state index contributed by atoms with van der Waals surface area (Å²) in [6.07, 6.45) is 3.50. The van der Waals surface area contributed by atoms with Crippen LogP contribution in [0, 0.1) is 0 Å². The summed E-state index contributed by atoms with van der Waals surface area (Å²) >= 11 is 0. The lowest BCUT2D eigenvalue weighted by Gasteiger charge is -2.07. The molecule has 15 heteroatoms. The number of esters is 3. The number of nitrogens with zero attached hydrogens (tertiary/aromatic N) is 2. The fourth-order valence-corrected chi connectivity index (χ4v) is 1.35. The first-order chi connectivity index (χ1) is 17.5. The molecule has 0 saturated carbocycles. The van der Waals surface area contributed by atoms with Crippen LogP contribution in [0.25, 0.3) is 0 Å². The van der Waals surface area contributed by atoms with E-state index in [2.05, 4.69) is 15.2 Å². The predicted octanol–water partition coefficient (Wildman–Crippen LogP) is 1.84. The van der Waals surface area contributed by atoms with Crippen molar-refractivity contribution in [2.24, 2.45) is 11.5 Å². The molecule has 0 fully saturated rings. The summed E-state index contributed by atoms with van der Waals surface area (Å²) in [5.74, 6) is -0.620. The molecule has 0 spiro atoms. The highest BCUT2D eigenvalue weighted by atomic mass is 35.5. The van der Waals surface area contributed by atoms with Crippen LogP contribution in [0.3, 0.4) is 0 Å². The Balaban J connectivity index is -0.0000000542. The Labute approximate surface area is 255 Å². The molecule has 0 aromatic carbocycles. The van der Waals surface area contributed by atoms with Gasteiger partial charge in [-0.15, -0.1) is 24.8 Å². The highest BCUT2D eigenvalue weighted by molar-refractivity contribution is 5.85. The molecule has 13 nitrogen and oxygen atoms in total. The van der Waals surface area contributed by atoms with Crippen LogP contribution >= 0.6 is 24.8 Å². The monoisotopic (exact) mass is 630 g/mol. The van der Waals surface area contributed by atoms with E-state index in [0.717, 1.165) is 25.7 Å². The van der Waals surface area contributed by atoms with Crippen molar-refractivity contribution < 1.29 is 43.2 Å². The van der Waals surface area contributed by atoms with Crippen LogP contribution in [0.15, 0.2) is 0 Å². The fraction of sp³-hybridized carbons (Fsp3) is 0.840. The summed E-state index contributed by atoms with van der Waals surface area (Å²) in [7, 11) is 7.36. The molecule has 0 aliphatic heterocycles. The summed E-state index contributed by atoms with van der Waals surface area (Å²) in [5, 5.41) is 7.88. The Kier molecular flexibility index (Phi) is 77.6. The maximum absolute atomic E-state index is 10.7. The van der Waals surface area contributed by atoms with Gasteiger partial charge >= 0.3 is 17.9 Å². The topological polar surface area (TPSA) is 184 Å². The maximum atomic E-state index is 10.7.